The van der Waals surface area contributed by atoms with Crippen LogP contribution in [-0.4, -0.2) is 10.8 Å². The Morgan fingerprint density at radius 3 is 2.64 bits per heavy atom. The van der Waals surface area contributed by atoms with Gasteiger partial charge in [-0.3, -0.25) is 0 Å². The summed E-state index contributed by atoms with van der Waals surface area (Å²) in [6, 6.07) is 4.55. The molecule has 5 heteroatoms. The van der Waals surface area contributed by atoms with Crippen molar-refractivity contribution in [1.29, 1.82) is 0 Å². The van der Waals surface area contributed by atoms with E-state index in [1.165, 1.54) is 21.5 Å². The maximum Gasteiger partial charge on any atom is 0.409 e. The van der Waals surface area contributed by atoms with Gasteiger partial charge in [0, 0.05) is 12.3 Å². The van der Waals surface area contributed by atoms with Crippen LogP contribution in [0.4, 0.5) is 8.78 Å². The molecule has 1 aromatic rings. The normalized spacial score (nSPS) is 11.2. The zero-order valence-corrected chi connectivity index (χ0v) is 6.65. The van der Waals surface area contributed by atoms with E-state index in [2.05, 4.69) is 9.72 Å². The maximum atomic E-state index is 12.1. The van der Waals surface area contributed by atoms with Crippen molar-refractivity contribution in [3.8, 4) is 5.88 Å². The number of hydrogen-bond acceptors (Lipinski definition) is 2. The Morgan fingerprint density at radius 1 is 1.45 bits per heavy atom. The molecule has 0 N–H and O–H groups in total. The highest BCUT2D eigenvalue weighted by Gasteiger charge is 2.23. The van der Waals surface area contributed by atoms with Crippen LogP contribution >= 0.6 is 9.24 Å². The number of aromatic nitrogens is 1. The van der Waals surface area contributed by atoms with Crippen LogP contribution in [0, 0.1) is 0 Å². The van der Waals surface area contributed by atoms with Crippen LogP contribution in [-0.2, 0) is 0 Å². The lowest BCUT2D eigenvalue weighted by Crippen LogP contribution is -2.15. The van der Waals surface area contributed by atoms with E-state index in [-0.39, 0.29) is 5.88 Å². The molecule has 0 aliphatic heterocycles. The van der Waals surface area contributed by atoms with Gasteiger partial charge in [-0.05, 0) is 15.3 Å². The quantitative estimate of drug-likeness (QED) is 0.643. The molecule has 0 radical (unpaired) electrons. The summed E-state index contributed by atoms with van der Waals surface area (Å²) in [6.07, 6.45) is 1.38. The zero-order valence-electron chi connectivity index (χ0n) is 5.50. The van der Waals surface area contributed by atoms with Gasteiger partial charge in [-0.15, -0.1) is 0 Å². The Bertz CT molecular complexity index is 224. The fourth-order valence-electron chi connectivity index (χ4n) is 0.547. The summed E-state index contributed by atoms with van der Waals surface area (Å²) in [7, 11) is 1.27. The second-order valence-electron chi connectivity index (χ2n) is 1.83. The van der Waals surface area contributed by atoms with Crippen LogP contribution in [0.5, 0.6) is 5.88 Å². The molecule has 0 aromatic carbocycles. The molecule has 0 aliphatic rings. The number of hydrogen-bond donors (Lipinski definition) is 0. The minimum atomic E-state index is -3.24. The van der Waals surface area contributed by atoms with Crippen molar-refractivity contribution in [2.45, 2.75) is 5.85 Å². The Labute approximate surface area is 64.8 Å². The lowest BCUT2D eigenvalue weighted by Gasteiger charge is -2.10. The predicted octanol–water partition coefficient (Wildman–Crippen LogP) is 1.89. The molecule has 1 unspecified atom stereocenters. The van der Waals surface area contributed by atoms with Crippen molar-refractivity contribution in [3.05, 3.63) is 24.4 Å². The highest BCUT2D eigenvalue weighted by Crippen LogP contribution is 2.24. The van der Waals surface area contributed by atoms with E-state index < -0.39 is 5.85 Å². The average Bonchev–Trinajstić information content (AvgIpc) is 1.85. The lowest BCUT2D eigenvalue weighted by molar-refractivity contribution is -0.0919. The number of ether oxygens (including phenoxy) is 1. The van der Waals surface area contributed by atoms with Crippen molar-refractivity contribution < 1.29 is 13.5 Å². The van der Waals surface area contributed by atoms with Gasteiger partial charge in [0.05, 0.1) is 0 Å². The van der Waals surface area contributed by atoms with Gasteiger partial charge in [-0.1, -0.05) is 6.07 Å². The molecule has 1 atom stereocenters. The van der Waals surface area contributed by atoms with Gasteiger partial charge >= 0.3 is 5.85 Å². The molecule has 2 nitrogen and oxygen atoms in total. The van der Waals surface area contributed by atoms with Gasteiger partial charge < -0.3 is 4.74 Å². The maximum absolute atomic E-state index is 12.1. The Balaban J connectivity index is 2.66. The molecule has 1 heterocycles. The molecule has 0 spiro atoms. The monoisotopic (exact) mass is 177 g/mol. The van der Waals surface area contributed by atoms with E-state index >= 15 is 0 Å². The Hall–Kier alpha value is -0.760. The molecule has 0 bridgehead atoms. The fraction of sp³-hybridized carbons (Fsp3) is 0.167. The zero-order chi connectivity index (χ0) is 8.32. The first-order valence-electron chi connectivity index (χ1n) is 2.85. The van der Waals surface area contributed by atoms with Crippen LogP contribution in [0.1, 0.15) is 0 Å². The molecule has 0 fully saturated rings. The van der Waals surface area contributed by atoms with Crippen LogP contribution in [0.3, 0.4) is 0 Å². The summed E-state index contributed by atoms with van der Waals surface area (Å²) in [5.41, 5.74) is 0. The minimum absolute atomic E-state index is 0.0903. The highest BCUT2D eigenvalue weighted by molar-refractivity contribution is 7.17. The van der Waals surface area contributed by atoms with Gasteiger partial charge in [0.15, 0.2) is 0 Å². The summed E-state index contributed by atoms with van der Waals surface area (Å²) >= 11 is 0. The van der Waals surface area contributed by atoms with E-state index in [9.17, 15) is 8.78 Å². The van der Waals surface area contributed by atoms with E-state index in [4.69, 9.17) is 0 Å². The lowest BCUT2D eigenvalue weighted by atomic mass is 10.5. The third kappa shape index (κ3) is 3.23. The van der Waals surface area contributed by atoms with Crippen LogP contribution < -0.4 is 4.74 Å². The fourth-order valence-corrected chi connectivity index (χ4v) is 0.668. The van der Waals surface area contributed by atoms with Crippen molar-refractivity contribution >= 4 is 9.24 Å². The van der Waals surface area contributed by atoms with E-state index in [0.29, 0.717) is 0 Å². The van der Waals surface area contributed by atoms with Crippen molar-refractivity contribution in [2.75, 3.05) is 0 Å². The number of alkyl halides is 2. The molecule has 0 amide bonds. The van der Waals surface area contributed by atoms with Crippen molar-refractivity contribution in [3.63, 3.8) is 0 Å². The summed E-state index contributed by atoms with van der Waals surface area (Å²) in [5, 5.41) is 0. The number of rotatable bonds is 2. The average molecular weight is 177 g/mol. The second kappa shape index (κ2) is 3.09. The smallest absolute Gasteiger partial charge is 0.409 e. The predicted molar refractivity (Wildman–Crippen MR) is 39.5 cm³/mol. The largest absolute Gasteiger partial charge is 0.412 e. The van der Waals surface area contributed by atoms with Gasteiger partial charge in [0.1, 0.15) is 0 Å². The van der Waals surface area contributed by atoms with Crippen molar-refractivity contribution in [2.24, 2.45) is 0 Å². The third-order valence-corrected chi connectivity index (χ3v) is 0.996. The molecule has 0 aliphatic carbocycles. The standard InChI is InChI=1S/C6H6F2NOP/c7-6(8,11)10-5-3-1-2-4-9-5/h1-4H,11H2. The molecule has 0 saturated carbocycles. The summed E-state index contributed by atoms with van der Waals surface area (Å²) in [4.78, 5) is 3.55. The molecule has 1 aromatic heterocycles. The van der Waals surface area contributed by atoms with Gasteiger partial charge in [-0.2, -0.15) is 8.78 Å². The minimum Gasteiger partial charge on any atom is -0.412 e. The molecular formula is C6H6F2NOP. The van der Waals surface area contributed by atoms with E-state index in [0.717, 1.165) is 0 Å². The molecule has 60 valence electrons. The van der Waals surface area contributed by atoms with E-state index in [1.807, 2.05) is 0 Å². The summed E-state index contributed by atoms with van der Waals surface area (Å²) in [5.74, 6) is -3.33. The van der Waals surface area contributed by atoms with Crippen LogP contribution in [0.25, 0.3) is 0 Å². The number of pyridine rings is 1. The first-order valence-corrected chi connectivity index (χ1v) is 3.42. The first-order chi connectivity index (χ1) is 5.08. The summed E-state index contributed by atoms with van der Waals surface area (Å²) in [6.45, 7) is 0. The number of halogens is 2. The first kappa shape index (κ1) is 8.34. The van der Waals surface area contributed by atoms with Gasteiger partial charge in [0.25, 0.3) is 0 Å². The number of nitrogens with zero attached hydrogens (tertiary/aromatic N) is 1. The highest BCUT2D eigenvalue weighted by atomic mass is 31.0. The molecule has 0 saturated heterocycles. The molecule has 1 rings (SSSR count). The molecule has 11 heavy (non-hydrogen) atoms. The van der Waals surface area contributed by atoms with Crippen molar-refractivity contribution in [1.82, 2.24) is 4.98 Å². The Kier molecular flexibility index (Phi) is 2.35. The Morgan fingerprint density at radius 2 is 2.18 bits per heavy atom. The second-order valence-corrected chi connectivity index (χ2v) is 2.50. The molecular weight excluding hydrogens is 171 g/mol. The topological polar surface area (TPSA) is 22.1 Å². The SMILES string of the molecule is FC(F)(P)Oc1ccccn1. The van der Waals surface area contributed by atoms with Crippen LogP contribution in [0.2, 0.25) is 0 Å². The summed E-state index contributed by atoms with van der Waals surface area (Å²) < 4.78 is 28.3. The van der Waals surface area contributed by atoms with Crippen LogP contribution in [0.15, 0.2) is 24.4 Å². The van der Waals surface area contributed by atoms with E-state index in [1.54, 1.807) is 12.1 Å². The van der Waals surface area contributed by atoms with Gasteiger partial charge in [-0.25, -0.2) is 4.98 Å². The third-order valence-electron chi connectivity index (χ3n) is 0.878. The van der Waals surface area contributed by atoms with Gasteiger partial charge in [0.2, 0.25) is 5.88 Å².